The summed E-state index contributed by atoms with van der Waals surface area (Å²) in [6.45, 7) is 0.325. The van der Waals surface area contributed by atoms with Crippen LogP contribution in [-0.2, 0) is 14.4 Å². The van der Waals surface area contributed by atoms with Gasteiger partial charge < -0.3 is 25.1 Å². The van der Waals surface area contributed by atoms with E-state index in [4.69, 9.17) is 11.6 Å². The normalized spacial score (nSPS) is 34.3. The fraction of sp³-hybridized carbons (Fsp3) is 0.609. The number of aliphatic carboxylic acids is 1. The number of carbonyl (C=O) groups is 3. The zero-order valence-corrected chi connectivity index (χ0v) is 19.3. The summed E-state index contributed by atoms with van der Waals surface area (Å²) in [7, 11) is 0. The van der Waals surface area contributed by atoms with Crippen molar-refractivity contribution in [3.63, 3.8) is 0 Å². The third-order valence-electron chi connectivity index (χ3n) is 8.18. The SMILES string of the molecule is O=C(O)C1C2CC(N3CCN(C(=O)C4=C(Cl)N5C=C(C6CC6)C=C(C(F)(F)F)C5N4)CC3=O)CC21. The number of carbonyl (C=O) groups excluding carboxylic acids is 2. The zero-order chi connectivity index (χ0) is 24.8. The minimum absolute atomic E-state index is 0.0304. The Bertz CT molecular complexity index is 1100. The molecule has 6 aliphatic rings. The van der Waals surface area contributed by atoms with Crippen LogP contribution in [-0.4, -0.2) is 75.6 Å². The van der Waals surface area contributed by atoms with Gasteiger partial charge in [-0.05, 0) is 55.1 Å². The van der Waals surface area contributed by atoms with Crippen molar-refractivity contribution in [3.8, 4) is 0 Å². The number of hydrogen-bond donors (Lipinski definition) is 2. The van der Waals surface area contributed by atoms with E-state index in [2.05, 4.69) is 5.32 Å². The van der Waals surface area contributed by atoms with Crippen LogP contribution in [0.5, 0.6) is 0 Å². The molecule has 3 aliphatic carbocycles. The van der Waals surface area contributed by atoms with Crippen LogP contribution in [0, 0.1) is 23.7 Å². The van der Waals surface area contributed by atoms with E-state index in [1.165, 1.54) is 9.80 Å². The van der Waals surface area contributed by atoms with Gasteiger partial charge in [0.25, 0.3) is 5.91 Å². The quantitative estimate of drug-likeness (QED) is 0.561. The zero-order valence-electron chi connectivity index (χ0n) is 18.6. The van der Waals surface area contributed by atoms with Gasteiger partial charge in [-0.25, -0.2) is 0 Å². The van der Waals surface area contributed by atoms with Gasteiger partial charge in [-0.1, -0.05) is 11.6 Å². The highest BCUT2D eigenvalue weighted by Crippen LogP contribution is 2.58. The predicted octanol–water partition coefficient (Wildman–Crippen LogP) is 2.20. The number of fused-ring (bicyclic) bond motifs is 2. The van der Waals surface area contributed by atoms with E-state index in [9.17, 15) is 32.7 Å². The summed E-state index contributed by atoms with van der Waals surface area (Å²) in [5, 5.41) is 11.7. The van der Waals surface area contributed by atoms with Crippen molar-refractivity contribution >= 4 is 29.4 Å². The van der Waals surface area contributed by atoms with E-state index in [0.717, 1.165) is 18.9 Å². The predicted molar refractivity (Wildman–Crippen MR) is 116 cm³/mol. The molecule has 0 spiro atoms. The Kier molecular flexibility index (Phi) is 4.97. The standard InChI is InChI=1S/C23H24ClF3N4O4/c24-19-18(28-20-15(23(25,26)27)5-11(8-31(19)20)10-1-2-10)21(33)29-3-4-30(16(32)9-29)12-6-13-14(7-12)17(13)22(34)35/h5,8,10,12-14,17,20,28H,1-4,6-7,9H2,(H,34,35). The maximum atomic E-state index is 13.8. The van der Waals surface area contributed by atoms with Crippen molar-refractivity contribution in [2.45, 2.75) is 44.1 Å². The number of nitrogens with zero attached hydrogens (tertiary/aromatic N) is 3. The van der Waals surface area contributed by atoms with Crippen LogP contribution in [0.1, 0.15) is 25.7 Å². The smallest absolute Gasteiger partial charge is 0.416 e. The highest BCUT2D eigenvalue weighted by Gasteiger charge is 2.61. The molecule has 3 saturated carbocycles. The molecular weight excluding hydrogens is 489 g/mol. The van der Waals surface area contributed by atoms with Gasteiger partial charge >= 0.3 is 12.1 Å². The Morgan fingerprint density at radius 2 is 1.83 bits per heavy atom. The van der Waals surface area contributed by atoms with Crippen molar-refractivity contribution in [2.75, 3.05) is 19.6 Å². The van der Waals surface area contributed by atoms with Crippen LogP contribution in [0.15, 0.2) is 34.3 Å². The first-order chi connectivity index (χ1) is 16.5. The summed E-state index contributed by atoms with van der Waals surface area (Å²) in [4.78, 5) is 41.6. The maximum absolute atomic E-state index is 13.8. The van der Waals surface area contributed by atoms with Gasteiger partial charge in [0.1, 0.15) is 23.6 Å². The molecule has 2 N–H and O–H groups in total. The average Bonchev–Trinajstić information content (AvgIpc) is 3.69. The van der Waals surface area contributed by atoms with E-state index in [1.54, 1.807) is 11.1 Å². The molecule has 8 nitrogen and oxygen atoms in total. The Labute approximate surface area is 204 Å². The van der Waals surface area contributed by atoms with Gasteiger partial charge in [-0.2, -0.15) is 13.2 Å². The molecule has 0 aromatic carbocycles. The Balaban J connectivity index is 1.14. The minimum Gasteiger partial charge on any atom is -0.481 e. The van der Waals surface area contributed by atoms with Gasteiger partial charge in [0.2, 0.25) is 5.91 Å². The topological polar surface area (TPSA) is 93.2 Å². The summed E-state index contributed by atoms with van der Waals surface area (Å²) in [5.74, 6) is -1.67. The highest BCUT2D eigenvalue weighted by atomic mass is 35.5. The van der Waals surface area contributed by atoms with Crippen LogP contribution in [0.3, 0.4) is 0 Å². The molecule has 0 aromatic rings. The molecule has 3 aliphatic heterocycles. The van der Waals surface area contributed by atoms with Gasteiger partial charge in [0.05, 0.1) is 11.5 Å². The van der Waals surface area contributed by atoms with E-state index in [0.29, 0.717) is 25.0 Å². The second-order valence-electron chi connectivity index (χ2n) is 10.3. The highest BCUT2D eigenvalue weighted by molar-refractivity contribution is 6.32. The second-order valence-corrected chi connectivity index (χ2v) is 10.6. The van der Waals surface area contributed by atoms with Crippen LogP contribution in [0.2, 0.25) is 0 Å². The minimum atomic E-state index is -4.59. The number of alkyl halides is 3. The number of carboxylic acid groups (broad SMARTS) is 1. The monoisotopic (exact) mass is 512 g/mol. The van der Waals surface area contributed by atoms with Crippen LogP contribution in [0.25, 0.3) is 0 Å². The lowest BCUT2D eigenvalue weighted by molar-refractivity contribution is -0.146. The summed E-state index contributed by atoms with van der Waals surface area (Å²) in [5.41, 5.74) is -0.401. The first kappa shape index (κ1) is 22.8. The third-order valence-corrected chi connectivity index (χ3v) is 8.56. The first-order valence-electron chi connectivity index (χ1n) is 11.8. The molecule has 3 unspecified atom stereocenters. The molecule has 35 heavy (non-hydrogen) atoms. The lowest BCUT2D eigenvalue weighted by atomic mass is 10.0. The molecule has 3 atom stereocenters. The molecular formula is C23H24ClF3N4O4. The van der Waals surface area contributed by atoms with Crippen molar-refractivity contribution < 1.29 is 32.7 Å². The number of amides is 2. The van der Waals surface area contributed by atoms with Crippen molar-refractivity contribution in [1.29, 1.82) is 0 Å². The van der Waals surface area contributed by atoms with Crippen molar-refractivity contribution in [2.24, 2.45) is 23.7 Å². The molecule has 0 aromatic heterocycles. The first-order valence-corrected chi connectivity index (χ1v) is 12.2. The molecule has 6 rings (SSSR count). The number of piperazine rings is 1. The van der Waals surface area contributed by atoms with E-state index in [1.807, 2.05) is 0 Å². The van der Waals surface area contributed by atoms with E-state index in [-0.39, 0.29) is 59.6 Å². The fourth-order valence-electron chi connectivity index (χ4n) is 6.19. The molecule has 3 heterocycles. The number of carboxylic acids is 1. The van der Waals surface area contributed by atoms with Crippen molar-refractivity contribution in [3.05, 3.63) is 34.3 Å². The average molecular weight is 513 g/mol. The van der Waals surface area contributed by atoms with E-state index < -0.39 is 29.8 Å². The number of nitrogens with one attached hydrogen (secondary N) is 1. The fourth-order valence-corrected chi connectivity index (χ4v) is 6.47. The lowest BCUT2D eigenvalue weighted by Crippen LogP contribution is -2.56. The number of hydrogen-bond acceptors (Lipinski definition) is 5. The van der Waals surface area contributed by atoms with Gasteiger partial charge in [0.15, 0.2) is 0 Å². The van der Waals surface area contributed by atoms with Crippen LogP contribution < -0.4 is 5.32 Å². The molecule has 0 radical (unpaired) electrons. The van der Waals surface area contributed by atoms with Crippen LogP contribution >= 0.6 is 11.6 Å². The Morgan fingerprint density at radius 3 is 2.40 bits per heavy atom. The lowest BCUT2D eigenvalue weighted by Gasteiger charge is -2.38. The van der Waals surface area contributed by atoms with Gasteiger partial charge in [-0.15, -0.1) is 0 Å². The molecule has 188 valence electrons. The Hall–Kier alpha value is -2.69. The molecule has 12 heteroatoms. The third kappa shape index (κ3) is 3.70. The van der Waals surface area contributed by atoms with E-state index >= 15 is 0 Å². The molecule has 2 amide bonds. The number of halogens is 4. The maximum Gasteiger partial charge on any atom is 0.416 e. The summed E-state index contributed by atoms with van der Waals surface area (Å²) < 4.78 is 41.4. The Morgan fingerprint density at radius 1 is 1.14 bits per heavy atom. The summed E-state index contributed by atoms with van der Waals surface area (Å²) in [6, 6.07) is -0.0304. The second kappa shape index (κ2) is 7.65. The number of allylic oxidation sites excluding steroid dienone is 2. The van der Waals surface area contributed by atoms with Gasteiger partial charge in [-0.3, -0.25) is 14.4 Å². The summed E-state index contributed by atoms with van der Waals surface area (Å²) >= 11 is 6.41. The molecule has 4 fully saturated rings. The molecule has 1 saturated heterocycles. The molecule has 0 bridgehead atoms. The van der Waals surface area contributed by atoms with Crippen LogP contribution in [0.4, 0.5) is 13.2 Å². The van der Waals surface area contributed by atoms with Gasteiger partial charge in [0, 0.05) is 25.3 Å². The number of rotatable bonds is 4. The summed E-state index contributed by atoms with van der Waals surface area (Å²) in [6.07, 6.45) is -0.260. The van der Waals surface area contributed by atoms with Crippen molar-refractivity contribution in [1.82, 2.24) is 20.0 Å². The largest absolute Gasteiger partial charge is 0.481 e.